The Hall–Kier alpha value is -1.46. The molecule has 114 valence electrons. The van der Waals surface area contributed by atoms with E-state index >= 15 is 0 Å². The van der Waals surface area contributed by atoms with Crippen molar-refractivity contribution in [3.63, 3.8) is 0 Å². The standard InChI is InChI=1S/C15H19ClN2O3/c16-12-6-10(7-13-15(12)21-5-4-20-13)8-14(19)18-11-2-1-3-17-9-11/h6-7,11,17H,1-5,8-9H2,(H,18,19). The van der Waals surface area contributed by atoms with Crippen LogP contribution in [0.3, 0.4) is 0 Å². The van der Waals surface area contributed by atoms with Gasteiger partial charge in [-0.05, 0) is 37.1 Å². The number of carbonyl (C=O) groups excluding carboxylic acids is 1. The van der Waals surface area contributed by atoms with E-state index < -0.39 is 0 Å². The number of benzene rings is 1. The highest BCUT2D eigenvalue weighted by molar-refractivity contribution is 6.32. The molecule has 5 nitrogen and oxygen atoms in total. The minimum absolute atomic E-state index is 0.0106. The lowest BCUT2D eigenvalue weighted by atomic mass is 10.1. The summed E-state index contributed by atoms with van der Waals surface area (Å²) in [5.74, 6) is 1.20. The molecular weight excluding hydrogens is 292 g/mol. The summed E-state index contributed by atoms with van der Waals surface area (Å²) in [5, 5.41) is 6.83. The summed E-state index contributed by atoms with van der Waals surface area (Å²) in [4.78, 5) is 12.1. The summed E-state index contributed by atoms with van der Waals surface area (Å²) < 4.78 is 11.0. The van der Waals surface area contributed by atoms with E-state index in [1.165, 1.54) is 0 Å². The van der Waals surface area contributed by atoms with E-state index in [0.717, 1.165) is 31.5 Å². The first-order chi connectivity index (χ1) is 10.2. The molecule has 0 spiro atoms. The zero-order valence-corrected chi connectivity index (χ0v) is 12.5. The fourth-order valence-corrected chi connectivity index (χ4v) is 2.99. The molecule has 0 aliphatic carbocycles. The van der Waals surface area contributed by atoms with Crippen molar-refractivity contribution in [2.45, 2.75) is 25.3 Å². The Kier molecular flexibility index (Phi) is 4.51. The molecule has 2 aliphatic rings. The molecule has 2 heterocycles. The zero-order valence-electron chi connectivity index (χ0n) is 11.8. The van der Waals surface area contributed by atoms with Gasteiger partial charge in [-0.25, -0.2) is 0 Å². The lowest BCUT2D eigenvalue weighted by molar-refractivity contribution is -0.121. The number of rotatable bonds is 3. The topological polar surface area (TPSA) is 59.6 Å². The van der Waals surface area contributed by atoms with E-state index in [2.05, 4.69) is 10.6 Å². The summed E-state index contributed by atoms with van der Waals surface area (Å²) in [6.07, 6.45) is 2.42. The van der Waals surface area contributed by atoms with Crippen LogP contribution in [0.1, 0.15) is 18.4 Å². The van der Waals surface area contributed by atoms with Gasteiger partial charge in [-0.1, -0.05) is 11.6 Å². The van der Waals surface area contributed by atoms with Crippen molar-refractivity contribution in [3.05, 3.63) is 22.7 Å². The third-order valence-corrected chi connectivity index (χ3v) is 3.96. The van der Waals surface area contributed by atoms with Gasteiger partial charge in [0.05, 0.1) is 11.4 Å². The molecule has 1 aromatic carbocycles. The number of nitrogens with one attached hydrogen (secondary N) is 2. The Labute approximate surface area is 128 Å². The van der Waals surface area contributed by atoms with Crippen LogP contribution in [0.25, 0.3) is 0 Å². The Morgan fingerprint density at radius 1 is 1.38 bits per heavy atom. The third-order valence-electron chi connectivity index (χ3n) is 3.68. The molecule has 2 N–H and O–H groups in total. The highest BCUT2D eigenvalue weighted by Gasteiger charge is 2.19. The number of carbonyl (C=O) groups is 1. The second kappa shape index (κ2) is 6.54. The van der Waals surface area contributed by atoms with Crippen LogP contribution in [0, 0.1) is 0 Å². The molecule has 0 radical (unpaired) electrons. The summed E-state index contributed by atoms with van der Waals surface area (Å²) in [6.45, 7) is 2.88. The van der Waals surface area contributed by atoms with Crippen LogP contribution in [0.15, 0.2) is 12.1 Å². The number of amides is 1. The molecule has 1 saturated heterocycles. The molecule has 21 heavy (non-hydrogen) atoms. The summed E-state index contributed by atoms with van der Waals surface area (Å²) in [7, 11) is 0. The largest absolute Gasteiger partial charge is 0.486 e. The van der Waals surface area contributed by atoms with Crippen molar-refractivity contribution in [3.8, 4) is 11.5 Å². The first-order valence-corrected chi connectivity index (χ1v) is 7.68. The number of halogens is 1. The van der Waals surface area contributed by atoms with Gasteiger partial charge in [0.2, 0.25) is 5.91 Å². The van der Waals surface area contributed by atoms with Gasteiger partial charge < -0.3 is 20.1 Å². The first-order valence-electron chi connectivity index (χ1n) is 7.30. The SMILES string of the molecule is O=C(Cc1cc(Cl)c2c(c1)OCCO2)NC1CCCNC1. The smallest absolute Gasteiger partial charge is 0.224 e. The molecule has 0 aromatic heterocycles. The molecule has 0 bridgehead atoms. The van der Waals surface area contributed by atoms with Crippen molar-refractivity contribution >= 4 is 17.5 Å². The van der Waals surface area contributed by atoms with Crippen LogP contribution in [-0.4, -0.2) is 38.3 Å². The van der Waals surface area contributed by atoms with E-state index in [4.69, 9.17) is 21.1 Å². The second-order valence-corrected chi connectivity index (χ2v) is 5.80. The number of fused-ring (bicyclic) bond motifs is 1. The molecule has 1 unspecified atom stereocenters. The molecule has 1 atom stereocenters. The lowest BCUT2D eigenvalue weighted by Gasteiger charge is -2.24. The van der Waals surface area contributed by atoms with E-state index in [9.17, 15) is 4.79 Å². The molecule has 0 saturated carbocycles. The van der Waals surface area contributed by atoms with Crippen molar-refractivity contribution in [1.29, 1.82) is 0 Å². The highest BCUT2D eigenvalue weighted by Crippen LogP contribution is 2.38. The van der Waals surface area contributed by atoms with Gasteiger partial charge in [0.1, 0.15) is 13.2 Å². The van der Waals surface area contributed by atoms with E-state index in [1.807, 2.05) is 6.07 Å². The Morgan fingerprint density at radius 2 is 2.24 bits per heavy atom. The Morgan fingerprint density at radius 3 is 3.05 bits per heavy atom. The molecule has 3 rings (SSSR count). The number of piperidine rings is 1. The molecule has 6 heteroatoms. The van der Waals surface area contributed by atoms with Gasteiger partial charge >= 0.3 is 0 Å². The normalized spacial score (nSPS) is 20.9. The maximum Gasteiger partial charge on any atom is 0.224 e. The zero-order chi connectivity index (χ0) is 14.7. The fraction of sp³-hybridized carbons (Fsp3) is 0.533. The number of ether oxygens (including phenoxy) is 2. The van der Waals surface area contributed by atoms with Gasteiger partial charge in [-0.15, -0.1) is 0 Å². The van der Waals surface area contributed by atoms with Gasteiger partial charge in [0.15, 0.2) is 11.5 Å². The predicted octanol–water partition coefficient (Wildman–Crippen LogP) is 1.52. The number of hydrogen-bond donors (Lipinski definition) is 2. The minimum atomic E-state index is 0.0106. The predicted molar refractivity (Wildman–Crippen MR) is 80.2 cm³/mol. The number of hydrogen-bond acceptors (Lipinski definition) is 4. The van der Waals surface area contributed by atoms with Crippen LogP contribution < -0.4 is 20.1 Å². The average Bonchev–Trinajstić information content (AvgIpc) is 2.48. The Bertz CT molecular complexity index is 530. The lowest BCUT2D eigenvalue weighted by Crippen LogP contribution is -2.46. The monoisotopic (exact) mass is 310 g/mol. The molecular formula is C15H19ClN2O3. The maximum atomic E-state index is 12.1. The van der Waals surface area contributed by atoms with Gasteiger partial charge in [-0.2, -0.15) is 0 Å². The van der Waals surface area contributed by atoms with Crippen LogP contribution in [0.4, 0.5) is 0 Å². The third kappa shape index (κ3) is 3.60. The van der Waals surface area contributed by atoms with Crippen molar-refractivity contribution in [2.24, 2.45) is 0 Å². The van der Waals surface area contributed by atoms with E-state index in [1.54, 1.807) is 6.07 Å². The minimum Gasteiger partial charge on any atom is -0.486 e. The summed E-state index contributed by atoms with van der Waals surface area (Å²) in [6, 6.07) is 3.83. The fourth-order valence-electron chi connectivity index (χ4n) is 2.71. The van der Waals surface area contributed by atoms with Crippen LogP contribution >= 0.6 is 11.6 Å². The van der Waals surface area contributed by atoms with Gasteiger partial charge in [-0.3, -0.25) is 4.79 Å². The molecule has 2 aliphatic heterocycles. The average molecular weight is 311 g/mol. The van der Waals surface area contributed by atoms with Crippen molar-refractivity contribution in [2.75, 3.05) is 26.3 Å². The van der Waals surface area contributed by atoms with Crippen molar-refractivity contribution in [1.82, 2.24) is 10.6 Å². The second-order valence-electron chi connectivity index (χ2n) is 5.39. The quantitative estimate of drug-likeness (QED) is 0.889. The van der Waals surface area contributed by atoms with Crippen LogP contribution in [0.5, 0.6) is 11.5 Å². The first kappa shape index (κ1) is 14.5. The van der Waals surface area contributed by atoms with E-state index in [0.29, 0.717) is 36.2 Å². The summed E-state index contributed by atoms with van der Waals surface area (Å²) >= 11 is 6.18. The molecule has 1 aromatic rings. The van der Waals surface area contributed by atoms with Crippen LogP contribution in [0.2, 0.25) is 5.02 Å². The van der Waals surface area contributed by atoms with Gasteiger partial charge in [0, 0.05) is 12.6 Å². The van der Waals surface area contributed by atoms with Gasteiger partial charge in [0.25, 0.3) is 0 Å². The van der Waals surface area contributed by atoms with E-state index in [-0.39, 0.29) is 11.9 Å². The maximum absolute atomic E-state index is 12.1. The molecule has 1 amide bonds. The summed E-state index contributed by atoms with van der Waals surface area (Å²) in [5.41, 5.74) is 0.838. The van der Waals surface area contributed by atoms with Crippen molar-refractivity contribution < 1.29 is 14.3 Å². The van der Waals surface area contributed by atoms with Crippen LogP contribution in [-0.2, 0) is 11.2 Å². The molecule has 1 fully saturated rings. The highest BCUT2D eigenvalue weighted by atomic mass is 35.5. The Balaban J connectivity index is 1.64.